The number of nitrogens with zero attached hydrogens (tertiary/aromatic N) is 4. The van der Waals surface area contributed by atoms with E-state index >= 15 is 0 Å². The van der Waals surface area contributed by atoms with Crippen LogP contribution in [0, 0.1) is 6.92 Å². The van der Waals surface area contributed by atoms with E-state index in [0.717, 1.165) is 17.2 Å². The van der Waals surface area contributed by atoms with Crippen LogP contribution in [0.5, 0.6) is 0 Å². The first-order valence-corrected chi connectivity index (χ1v) is 5.32. The summed E-state index contributed by atoms with van der Waals surface area (Å²) in [5, 5.41) is 7.61. The Morgan fingerprint density at radius 1 is 1.38 bits per heavy atom. The zero-order chi connectivity index (χ0) is 11.7. The van der Waals surface area contributed by atoms with Crippen LogP contribution in [0.2, 0.25) is 0 Å². The molecule has 0 aliphatic carbocycles. The predicted octanol–water partition coefficient (Wildman–Crippen LogP) is 1.64. The maximum atomic E-state index is 4.32. The van der Waals surface area contributed by atoms with E-state index in [1.807, 2.05) is 48.9 Å². The summed E-state index contributed by atoms with van der Waals surface area (Å²) < 4.78 is 3.87. The van der Waals surface area contributed by atoms with Gasteiger partial charge in [-0.05, 0) is 13.8 Å². The van der Waals surface area contributed by atoms with E-state index in [4.69, 9.17) is 0 Å². The first-order chi connectivity index (χ1) is 7.59. The molecule has 0 spiro atoms. The van der Waals surface area contributed by atoms with Crippen molar-refractivity contribution in [2.75, 3.05) is 5.32 Å². The minimum Gasteiger partial charge on any atom is -0.373 e. The lowest BCUT2D eigenvalue weighted by Gasteiger charge is -2.14. The highest BCUT2D eigenvalue weighted by Gasteiger charge is 2.12. The van der Waals surface area contributed by atoms with Gasteiger partial charge in [-0.2, -0.15) is 5.10 Å². The maximum Gasteiger partial charge on any atom is 0.130 e. The first-order valence-electron chi connectivity index (χ1n) is 5.32. The number of hydrogen-bond donors (Lipinski definition) is 1. The molecule has 5 heteroatoms. The summed E-state index contributed by atoms with van der Waals surface area (Å²) in [6, 6.07) is 0.169. The Balaban J connectivity index is 2.17. The van der Waals surface area contributed by atoms with E-state index in [1.165, 1.54) is 0 Å². The van der Waals surface area contributed by atoms with E-state index < -0.39 is 0 Å². The highest BCUT2D eigenvalue weighted by Crippen LogP contribution is 2.19. The fourth-order valence-electron chi connectivity index (χ4n) is 1.73. The van der Waals surface area contributed by atoms with Gasteiger partial charge in [-0.25, -0.2) is 4.98 Å². The standard InChI is InChI=1S/C11H17N5/c1-8(11-12-5-6-15(11)3)14-10-7-13-16(4)9(10)2/h5-8,14H,1-4H3. The highest BCUT2D eigenvalue weighted by molar-refractivity contribution is 5.46. The number of nitrogens with one attached hydrogen (secondary N) is 1. The second-order valence-corrected chi connectivity index (χ2v) is 4.03. The molecule has 0 aromatic carbocycles. The molecule has 2 aromatic heterocycles. The Labute approximate surface area is 95.1 Å². The summed E-state index contributed by atoms with van der Waals surface area (Å²) in [5.41, 5.74) is 2.18. The summed E-state index contributed by atoms with van der Waals surface area (Å²) in [6.07, 6.45) is 5.60. The second-order valence-electron chi connectivity index (χ2n) is 4.03. The third-order valence-corrected chi connectivity index (χ3v) is 2.85. The molecule has 1 N–H and O–H groups in total. The van der Waals surface area contributed by atoms with E-state index in [1.54, 1.807) is 0 Å². The average Bonchev–Trinajstić information content (AvgIpc) is 2.79. The Morgan fingerprint density at radius 3 is 2.62 bits per heavy atom. The molecular formula is C11H17N5. The lowest BCUT2D eigenvalue weighted by Crippen LogP contribution is -2.12. The van der Waals surface area contributed by atoms with Crippen LogP contribution in [0.25, 0.3) is 0 Å². The zero-order valence-corrected chi connectivity index (χ0v) is 10.1. The molecule has 0 saturated carbocycles. The van der Waals surface area contributed by atoms with Crippen molar-refractivity contribution in [2.24, 2.45) is 14.1 Å². The van der Waals surface area contributed by atoms with Crippen molar-refractivity contribution in [3.63, 3.8) is 0 Å². The van der Waals surface area contributed by atoms with Crippen molar-refractivity contribution >= 4 is 5.69 Å². The molecule has 2 aromatic rings. The van der Waals surface area contributed by atoms with Gasteiger partial charge in [0.15, 0.2) is 0 Å². The SMILES string of the molecule is Cc1c(NC(C)c2nccn2C)cnn1C. The van der Waals surface area contributed by atoms with Crippen LogP contribution in [0.15, 0.2) is 18.6 Å². The largest absolute Gasteiger partial charge is 0.373 e. The Kier molecular flexibility index (Phi) is 2.68. The van der Waals surface area contributed by atoms with Crippen molar-refractivity contribution in [3.05, 3.63) is 30.1 Å². The topological polar surface area (TPSA) is 47.7 Å². The lowest BCUT2D eigenvalue weighted by molar-refractivity contribution is 0.718. The van der Waals surface area contributed by atoms with Crippen molar-refractivity contribution in [1.29, 1.82) is 0 Å². The normalized spacial score (nSPS) is 12.8. The van der Waals surface area contributed by atoms with E-state index in [9.17, 15) is 0 Å². The van der Waals surface area contributed by atoms with E-state index in [2.05, 4.69) is 22.3 Å². The van der Waals surface area contributed by atoms with Gasteiger partial charge in [0.25, 0.3) is 0 Å². The summed E-state index contributed by atoms with van der Waals surface area (Å²) >= 11 is 0. The van der Waals surface area contributed by atoms with Gasteiger partial charge in [-0.15, -0.1) is 0 Å². The molecule has 0 fully saturated rings. The molecule has 1 unspecified atom stereocenters. The van der Waals surface area contributed by atoms with Crippen LogP contribution in [0.4, 0.5) is 5.69 Å². The molecule has 0 aliphatic heterocycles. The molecule has 0 aliphatic rings. The van der Waals surface area contributed by atoms with Gasteiger partial charge in [0.05, 0.1) is 23.6 Å². The van der Waals surface area contributed by atoms with Crippen LogP contribution >= 0.6 is 0 Å². The molecule has 1 atom stereocenters. The number of anilines is 1. The van der Waals surface area contributed by atoms with Crippen molar-refractivity contribution < 1.29 is 0 Å². The molecule has 86 valence electrons. The van der Waals surface area contributed by atoms with Gasteiger partial charge in [0.2, 0.25) is 0 Å². The number of aryl methyl sites for hydroxylation is 2. The molecule has 0 saturated heterocycles. The van der Waals surface area contributed by atoms with Gasteiger partial charge in [0, 0.05) is 26.5 Å². The van der Waals surface area contributed by atoms with Crippen molar-refractivity contribution in [1.82, 2.24) is 19.3 Å². The molecule has 5 nitrogen and oxygen atoms in total. The highest BCUT2D eigenvalue weighted by atomic mass is 15.3. The molecule has 2 heterocycles. The van der Waals surface area contributed by atoms with E-state index in [-0.39, 0.29) is 6.04 Å². The Hall–Kier alpha value is -1.78. The number of imidazole rings is 1. The van der Waals surface area contributed by atoms with Gasteiger partial charge in [-0.1, -0.05) is 0 Å². The Morgan fingerprint density at radius 2 is 2.12 bits per heavy atom. The van der Waals surface area contributed by atoms with Crippen molar-refractivity contribution in [2.45, 2.75) is 19.9 Å². The quantitative estimate of drug-likeness (QED) is 0.853. The fourth-order valence-corrected chi connectivity index (χ4v) is 1.73. The third kappa shape index (κ3) is 1.80. The average molecular weight is 219 g/mol. The number of rotatable bonds is 3. The molecule has 0 radical (unpaired) electrons. The molecule has 0 amide bonds. The molecular weight excluding hydrogens is 202 g/mol. The maximum absolute atomic E-state index is 4.32. The van der Waals surface area contributed by atoms with Crippen LogP contribution < -0.4 is 5.32 Å². The van der Waals surface area contributed by atoms with Crippen LogP contribution in [0.3, 0.4) is 0 Å². The lowest BCUT2D eigenvalue weighted by atomic mass is 10.3. The van der Waals surface area contributed by atoms with Crippen molar-refractivity contribution in [3.8, 4) is 0 Å². The first kappa shape index (κ1) is 10.7. The zero-order valence-electron chi connectivity index (χ0n) is 10.1. The fraction of sp³-hybridized carbons (Fsp3) is 0.455. The number of hydrogen-bond acceptors (Lipinski definition) is 3. The summed E-state index contributed by atoms with van der Waals surface area (Å²) in [6.45, 7) is 4.13. The monoisotopic (exact) mass is 219 g/mol. The van der Waals surface area contributed by atoms with Crippen LogP contribution in [-0.2, 0) is 14.1 Å². The minimum absolute atomic E-state index is 0.169. The van der Waals surface area contributed by atoms with Crippen LogP contribution in [0.1, 0.15) is 24.5 Å². The van der Waals surface area contributed by atoms with Gasteiger partial charge in [0.1, 0.15) is 5.82 Å². The predicted molar refractivity (Wildman–Crippen MR) is 63.2 cm³/mol. The third-order valence-electron chi connectivity index (χ3n) is 2.85. The van der Waals surface area contributed by atoms with E-state index in [0.29, 0.717) is 0 Å². The van der Waals surface area contributed by atoms with Gasteiger partial charge in [-0.3, -0.25) is 4.68 Å². The summed E-state index contributed by atoms with van der Waals surface area (Å²) in [5.74, 6) is 1.02. The molecule has 0 bridgehead atoms. The summed E-state index contributed by atoms with van der Waals surface area (Å²) in [7, 11) is 3.93. The Bertz CT molecular complexity index is 482. The van der Waals surface area contributed by atoms with Gasteiger partial charge < -0.3 is 9.88 Å². The second kappa shape index (κ2) is 4.00. The minimum atomic E-state index is 0.169. The number of aromatic nitrogens is 4. The van der Waals surface area contributed by atoms with Gasteiger partial charge >= 0.3 is 0 Å². The smallest absolute Gasteiger partial charge is 0.130 e. The van der Waals surface area contributed by atoms with Crippen LogP contribution in [-0.4, -0.2) is 19.3 Å². The summed E-state index contributed by atoms with van der Waals surface area (Å²) in [4.78, 5) is 4.32. The molecule has 16 heavy (non-hydrogen) atoms. The molecule has 2 rings (SSSR count).